The minimum atomic E-state index is -0.966. The second-order valence-corrected chi connectivity index (χ2v) is 6.51. The van der Waals surface area contributed by atoms with E-state index in [9.17, 15) is 9.90 Å². The topological polar surface area (TPSA) is 118 Å². The number of rotatable bonds is 7. The van der Waals surface area contributed by atoms with Crippen LogP contribution >= 0.6 is 0 Å². The van der Waals surface area contributed by atoms with Crippen LogP contribution in [-0.4, -0.2) is 40.4 Å². The number of anilines is 1. The van der Waals surface area contributed by atoms with Crippen molar-refractivity contribution in [3.63, 3.8) is 0 Å². The maximum Gasteiger partial charge on any atom is 0.328 e. The molecular formula is C20H23N3O4. The number of hydrogen-bond donors (Lipinski definition) is 4. The van der Waals surface area contributed by atoms with Crippen LogP contribution in [0.2, 0.25) is 0 Å². The van der Waals surface area contributed by atoms with Crippen LogP contribution in [0.1, 0.15) is 29.2 Å². The van der Waals surface area contributed by atoms with Crippen molar-refractivity contribution < 1.29 is 19.7 Å². The normalized spacial score (nSPS) is 17.3. The monoisotopic (exact) mass is 369 g/mol. The number of hydrogen-bond acceptors (Lipinski definition) is 6. The molecule has 1 aliphatic rings. The number of aliphatic carboxylic acids is 1. The van der Waals surface area contributed by atoms with Crippen molar-refractivity contribution in [1.29, 1.82) is 0 Å². The summed E-state index contributed by atoms with van der Waals surface area (Å²) in [5.41, 5.74) is 8.18. The molecule has 3 rings (SSSR count). The Labute approximate surface area is 157 Å². The zero-order valence-electron chi connectivity index (χ0n) is 14.8. The molecule has 2 atom stereocenters. The highest BCUT2D eigenvalue weighted by atomic mass is 16.5. The number of nitrogens with one attached hydrogen (secondary N) is 1. The molecule has 0 fully saturated rings. The van der Waals surface area contributed by atoms with Crippen LogP contribution < -0.4 is 15.8 Å². The Hall–Kier alpha value is -2.90. The number of nitrogens with zero attached hydrogens (tertiary/aromatic N) is 1. The van der Waals surface area contributed by atoms with Crippen molar-refractivity contribution in [2.45, 2.75) is 25.0 Å². The van der Waals surface area contributed by atoms with Gasteiger partial charge in [0.25, 0.3) is 0 Å². The van der Waals surface area contributed by atoms with Gasteiger partial charge in [-0.25, -0.2) is 9.78 Å². The van der Waals surface area contributed by atoms with Crippen LogP contribution in [0.25, 0.3) is 6.08 Å². The van der Waals surface area contributed by atoms with Crippen LogP contribution in [0.3, 0.4) is 0 Å². The molecule has 0 saturated heterocycles. The molecule has 7 heteroatoms. The summed E-state index contributed by atoms with van der Waals surface area (Å²) in [7, 11) is 0. The number of aliphatic hydroxyl groups is 1. The van der Waals surface area contributed by atoms with Crippen LogP contribution in [0.5, 0.6) is 5.75 Å². The minimum absolute atomic E-state index is 0.0228. The second kappa shape index (κ2) is 8.66. The molecule has 2 heterocycles. The summed E-state index contributed by atoms with van der Waals surface area (Å²) in [6, 6.07) is 9.10. The van der Waals surface area contributed by atoms with Gasteiger partial charge in [-0.15, -0.1) is 0 Å². The number of benzene rings is 1. The molecule has 0 spiro atoms. The van der Waals surface area contributed by atoms with Crippen LogP contribution in [-0.2, 0) is 11.2 Å². The van der Waals surface area contributed by atoms with Crippen LogP contribution in [0, 0.1) is 0 Å². The number of pyridine rings is 1. The van der Waals surface area contributed by atoms with Crippen molar-refractivity contribution in [2.24, 2.45) is 0 Å². The molecule has 27 heavy (non-hydrogen) atoms. The van der Waals surface area contributed by atoms with Gasteiger partial charge in [-0.3, -0.25) is 0 Å². The van der Waals surface area contributed by atoms with Gasteiger partial charge in [0.05, 0.1) is 6.10 Å². The Morgan fingerprint density at radius 1 is 1.41 bits per heavy atom. The van der Waals surface area contributed by atoms with E-state index in [-0.39, 0.29) is 6.10 Å². The first-order chi connectivity index (χ1) is 13.0. The Kier molecular flexibility index (Phi) is 6.05. The fourth-order valence-corrected chi connectivity index (χ4v) is 2.99. The highest BCUT2D eigenvalue weighted by Gasteiger charge is 2.20. The van der Waals surface area contributed by atoms with Crippen molar-refractivity contribution in [3.05, 3.63) is 59.3 Å². The van der Waals surface area contributed by atoms with E-state index < -0.39 is 12.1 Å². The highest BCUT2D eigenvalue weighted by Crippen LogP contribution is 2.28. The number of carboxylic acids is 1. The molecular weight excluding hydrogens is 346 g/mol. The summed E-state index contributed by atoms with van der Waals surface area (Å²) in [6.45, 7) is 1.02. The van der Waals surface area contributed by atoms with E-state index in [1.54, 1.807) is 24.4 Å². The van der Waals surface area contributed by atoms with Crippen LogP contribution in [0.4, 0.5) is 5.82 Å². The lowest BCUT2D eigenvalue weighted by Crippen LogP contribution is -2.36. The first-order valence-electron chi connectivity index (χ1n) is 8.82. The summed E-state index contributed by atoms with van der Waals surface area (Å²) >= 11 is 0. The average Bonchev–Trinajstić information content (AvgIpc) is 2.66. The predicted molar refractivity (Wildman–Crippen MR) is 102 cm³/mol. The molecule has 5 N–H and O–H groups in total. The van der Waals surface area contributed by atoms with Gasteiger partial charge in [0.15, 0.2) is 0 Å². The smallest absolute Gasteiger partial charge is 0.328 e. The summed E-state index contributed by atoms with van der Waals surface area (Å²) in [5, 5.41) is 22.1. The third-order valence-electron chi connectivity index (χ3n) is 4.44. The molecule has 2 aromatic rings. The molecule has 0 unspecified atom stereocenters. The van der Waals surface area contributed by atoms with Gasteiger partial charge in [0, 0.05) is 30.9 Å². The largest absolute Gasteiger partial charge is 0.489 e. The molecule has 142 valence electrons. The number of carboxylic acid groups (broad SMARTS) is 1. The average molecular weight is 369 g/mol. The summed E-state index contributed by atoms with van der Waals surface area (Å²) < 4.78 is 6.00. The van der Waals surface area contributed by atoms with E-state index in [0.717, 1.165) is 35.8 Å². The molecule has 0 radical (unpaired) electrons. The number of ether oxygens (including phenoxy) is 1. The molecule has 0 bridgehead atoms. The zero-order chi connectivity index (χ0) is 19.2. The van der Waals surface area contributed by atoms with Gasteiger partial charge in [0.1, 0.15) is 17.7 Å². The number of carbonyl (C=O) groups is 1. The van der Waals surface area contributed by atoms with Crippen molar-refractivity contribution >= 4 is 17.9 Å². The number of aryl methyl sites for hydroxylation is 1. The number of aromatic nitrogens is 1. The first-order valence-corrected chi connectivity index (χ1v) is 8.82. The van der Waals surface area contributed by atoms with E-state index in [4.69, 9.17) is 15.6 Å². The molecule has 0 amide bonds. The summed E-state index contributed by atoms with van der Waals surface area (Å²) in [6.07, 6.45) is 5.36. The van der Waals surface area contributed by atoms with Crippen LogP contribution in [0.15, 0.2) is 42.6 Å². The van der Waals surface area contributed by atoms with Gasteiger partial charge in [-0.05, 0) is 48.2 Å². The highest BCUT2D eigenvalue weighted by molar-refractivity contribution is 5.85. The Bertz CT molecular complexity index is 820. The maximum atomic E-state index is 10.6. The summed E-state index contributed by atoms with van der Waals surface area (Å²) in [4.78, 5) is 14.6. The fraction of sp³-hybridized carbons (Fsp3) is 0.300. The Morgan fingerprint density at radius 3 is 3.00 bits per heavy atom. The molecule has 1 aromatic carbocycles. The van der Waals surface area contributed by atoms with Gasteiger partial charge >= 0.3 is 5.97 Å². The van der Waals surface area contributed by atoms with Crippen molar-refractivity contribution in [1.82, 2.24) is 10.3 Å². The van der Waals surface area contributed by atoms with Gasteiger partial charge in [-0.1, -0.05) is 12.1 Å². The lowest BCUT2D eigenvalue weighted by Gasteiger charge is -2.27. The molecule has 1 aliphatic heterocycles. The third kappa shape index (κ3) is 5.29. The van der Waals surface area contributed by atoms with E-state index >= 15 is 0 Å². The molecule has 0 saturated carbocycles. The van der Waals surface area contributed by atoms with Crippen molar-refractivity contribution in [2.75, 3.05) is 18.8 Å². The van der Waals surface area contributed by atoms with E-state index in [2.05, 4.69) is 10.3 Å². The van der Waals surface area contributed by atoms with E-state index in [1.165, 1.54) is 0 Å². The number of nitrogens with two attached hydrogens (primary N) is 1. The second-order valence-electron chi connectivity index (χ2n) is 6.51. The first kappa shape index (κ1) is 18.9. The predicted octanol–water partition coefficient (Wildman–Crippen LogP) is 1.78. The van der Waals surface area contributed by atoms with Gasteiger partial charge in [0.2, 0.25) is 0 Å². The van der Waals surface area contributed by atoms with Gasteiger partial charge in [-0.2, -0.15) is 0 Å². The Morgan fingerprint density at radius 2 is 2.26 bits per heavy atom. The summed E-state index contributed by atoms with van der Waals surface area (Å²) in [5.74, 6) is 0.283. The SMILES string of the molecule is Nc1ccc([C@@H](O)CNC[C@@H]2CCc3cc(/C=C/C(=O)O)ccc3O2)cn1. The number of aliphatic hydroxyl groups excluding tert-OH is 1. The molecule has 7 nitrogen and oxygen atoms in total. The minimum Gasteiger partial charge on any atom is -0.489 e. The maximum absolute atomic E-state index is 10.6. The number of fused-ring (bicyclic) bond motifs is 1. The zero-order valence-corrected chi connectivity index (χ0v) is 14.8. The quantitative estimate of drug-likeness (QED) is 0.550. The van der Waals surface area contributed by atoms with E-state index in [1.807, 2.05) is 18.2 Å². The fourth-order valence-electron chi connectivity index (χ4n) is 2.99. The molecule has 0 aliphatic carbocycles. The number of nitrogen functional groups attached to an aromatic ring is 1. The molecule has 1 aromatic heterocycles. The lowest BCUT2D eigenvalue weighted by atomic mass is 9.99. The lowest BCUT2D eigenvalue weighted by molar-refractivity contribution is -0.131. The van der Waals surface area contributed by atoms with Gasteiger partial charge < -0.3 is 26.0 Å². The van der Waals surface area contributed by atoms with Crippen molar-refractivity contribution in [3.8, 4) is 5.75 Å². The standard InChI is InChI=1S/C20H23N3O4/c21-19-7-4-15(10-23-19)17(24)12-22-11-16-5-3-14-9-13(2-8-20(25)26)1-6-18(14)27-16/h1-2,4,6-10,16-17,22,24H,3,5,11-12H2,(H2,21,23)(H,25,26)/b8-2+/t16-,17-/m0/s1. The Balaban J connectivity index is 1.49. The van der Waals surface area contributed by atoms with E-state index in [0.29, 0.717) is 24.5 Å². The third-order valence-corrected chi connectivity index (χ3v) is 4.44.